The zero-order valence-corrected chi connectivity index (χ0v) is 51.5. The van der Waals surface area contributed by atoms with Crippen molar-refractivity contribution in [3.63, 3.8) is 0 Å². The standard InChI is InChI=1S/C92H50O4/c1-2-17-53-48-85-76(41-52(53)16-1)73-44-56(32-36-80(73)94-85)88-63-21-5-7-23-65(63)89(66-24-8-6-22-64(66)88)57-33-37-81-74(45-57)77-42-54-18-13-29-61(71(54)49-86(77)95-81)62-30-14-19-55-43-78-75-46-58(34-38-82(75)96-87(78)50-72(55)62)90-67-25-9-11-27-69(67)91(70-28-12-10-26-68(70)90)59-35-39-83-79(47-59)92-60-20-4-3-15-51(60)31-40-84(92)93-83/h1-50H. The fraction of sp³-hybridized carbons (Fsp3) is 0. The Morgan fingerprint density at radius 1 is 0.146 bits per heavy atom. The zero-order valence-electron chi connectivity index (χ0n) is 51.5. The third kappa shape index (κ3) is 7.38. The maximum atomic E-state index is 6.88. The molecule has 0 spiro atoms. The smallest absolute Gasteiger partial charge is 0.136 e. The molecule has 0 unspecified atom stereocenters. The summed E-state index contributed by atoms with van der Waals surface area (Å²) in [7, 11) is 0. The van der Waals surface area contributed by atoms with Crippen molar-refractivity contribution < 1.29 is 17.7 Å². The Balaban J connectivity index is 0.647. The normalized spacial score (nSPS) is 12.4. The van der Waals surface area contributed by atoms with E-state index in [2.05, 4.69) is 303 Å². The van der Waals surface area contributed by atoms with Crippen molar-refractivity contribution in [2.24, 2.45) is 0 Å². The highest BCUT2D eigenvalue weighted by atomic mass is 16.3. The van der Waals surface area contributed by atoms with Crippen LogP contribution in [0.4, 0.5) is 0 Å². The third-order valence-electron chi connectivity index (χ3n) is 20.9. The molecule has 18 aromatic carbocycles. The molecule has 22 aromatic rings. The van der Waals surface area contributed by atoms with Crippen LogP contribution >= 0.6 is 0 Å². The van der Waals surface area contributed by atoms with Crippen molar-refractivity contribution in [1.29, 1.82) is 0 Å². The molecule has 0 aliphatic heterocycles. The Morgan fingerprint density at radius 2 is 0.438 bits per heavy atom. The van der Waals surface area contributed by atoms with Crippen LogP contribution in [0.15, 0.2) is 321 Å². The monoisotopic (exact) mass is 1220 g/mol. The van der Waals surface area contributed by atoms with Gasteiger partial charge in [0.2, 0.25) is 0 Å². The third-order valence-corrected chi connectivity index (χ3v) is 20.9. The summed E-state index contributed by atoms with van der Waals surface area (Å²) in [4.78, 5) is 0. The Kier molecular flexibility index (Phi) is 10.5. The predicted molar refractivity (Wildman–Crippen MR) is 403 cm³/mol. The summed E-state index contributed by atoms with van der Waals surface area (Å²) < 4.78 is 26.7. The van der Waals surface area contributed by atoms with Gasteiger partial charge in [-0.25, -0.2) is 0 Å². The van der Waals surface area contributed by atoms with Gasteiger partial charge in [0.1, 0.15) is 44.7 Å². The lowest BCUT2D eigenvalue weighted by Gasteiger charge is -2.18. The van der Waals surface area contributed by atoms with Crippen LogP contribution in [0.2, 0.25) is 0 Å². The predicted octanol–water partition coefficient (Wildman–Crippen LogP) is 26.8. The van der Waals surface area contributed by atoms with Crippen molar-refractivity contribution in [3.05, 3.63) is 303 Å². The van der Waals surface area contributed by atoms with E-state index in [1.165, 1.54) is 86.9 Å². The lowest BCUT2D eigenvalue weighted by Crippen LogP contribution is -1.90. The molecular weight excluding hydrogens is 1170 g/mol. The molecule has 0 N–H and O–H groups in total. The van der Waals surface area contributed by atoms with E-state index in [0.717, 1.165) is 143 Å². The second-order valence-corrected chi connectivity index (χ2v) is 26.0. The minimum absolute atomic E-state index is 0.853. The Labute approximate surface area is 547 Å². The maximum absolute atomic E-state index is 6.88. The molecule has 0 aliphatic rings. The Morgan fingerprint density at radius 3 is 0.854 bits per heavy atom. The first-order valence-corrected chi connectivity index (χ1v) is 32.9. The van der Waals surface area contributed by atoms with Crippen LogP contribution < -0.4 is 0 Å². The number of hydrogen-bond acceptors (Lipinski definition) is 4. The summed E-state index contributed by atoms with van der Waals surface area (Å²) in [5.41, 5.74) is 18.7. The van der Waals surface area contributed by atoms with Crippen molar-refractivity contribution in [1.82, 2.24) is 0 Å². The number of rotatable bonds is 5. The van der Waals surface area contributed by atoms with Crippen LogP contribution in [0, 0.1) is 0 Å². The molecule has 0 amide bonds. The molecule has 22 rings (SSSR count). The van der Waals surface area contributed by atoms with Crippen molar-refractivity contribution in [2.75, 3.05) is 0 Å². The van der Waals surface area contributed by atoms with Crippen molar-refractivity contribution in [3.8, 4) is 55.6 Å². The van der Waals surface area contributed by atoms with E-state index in [-0.39, 0.29) is 0 Å². The lowest BCUT2D eigenvalue weighted by molar-refractivity contribution is 0.669. The zero-order chi connectivity index (χ0) is 62.4. The summed E-state index contributed by atoms with van der Waals surface area (Å²) in [5, 5.41) is 27.8. The van der Waals surface area contributed by atoms with Crippen LogP contribution in [-0.4, -0.2) is 0 Å². The number of fused-ring (bicyclic) bond motifs is 21. The van der Waals surface area contributed by atoms with Gasteiger partial charge in [-0.3, -0.25) is 0 Å². The second kappa shape index (κ2) is 19.4. The molecular formula is C92H50O4. The first kappa shape index (κ1) is 51.8. The lowest BCUT2D eigenvalue weighted by atomic mass is 9.85. The van der Waals surface area contributed by atoms with Gasteiger partial charge < -0.3 is 17.7 Å². The van der Waals surface area contributed by atoms with E-state index in [4.69, 9.17) is 17.7 Å². The largest absolute Gasteiger partial charge is 0.456 e. The minimum atomic E-state index is 0.853. The van der Waals surface area contributed by atoms with E-state index in [1.54, 1.807) is 0 Å². The van der Waals surface area contributed by atoms with E-state index < -0.39 is 0 Å². The SMILES string of the molecule is c1ccc2cc3c(cc2c1)oc1ccc(-c2c4ccccc4c(-c4ccc5oc6cc7c(-c8cccc9cc%10c(cc89)oc8ccc(-c9c%11ccccc%11c(-c%11ccc%12oc%13ccc%14ccccc%14c%13c%12c%11)c%11ccccc9%11)cc8%10)cccc7cc6c5c4)c4ccccc24)cc13. The summed E-state index contributed by atoms with van der Waals surface area (Å²) in [6.07, 6.45) is 0. The van der Waals surface area contributed by atoms with Gasteiger partial charge >= 0.3 is 0 Å². The van der Waals surface area contributed by atoms with Gasteiger partial charge in [-0.2, -0.15) is 0 Å². The van der Waals surface area contributed by atoms with Gasteiger partial charge in [-0.15, -0.1) is 0 Å². The summed E-state index contributed by atoms with van der Waals surface area (Å²) in [6.45, 7) is 0. The fourth-order valence-electron chi connectivity index (χ4n) is 16.7. The molecule has 4 aromatic heterocycles. The van der Waals surface area contributed by atoms with Gasteiger partial charge in [0.15, 0.2) is 0 Å². The fourth-order valence-corrected chi connectivity index (χ4v) is 16.7. The molecule has 4 nitrogen and oxygen atoms in total. The van der Waals surface area contributed by atoms with Crippen LogP contribution in [0.3, 0.4) is 0 Å². The molecule has 4 heterocycles. The highest BCUT2D eigenvalue weighted by Crippen LogP contribution is 2.50. The molecule has 0 aliphatic carbocycles. The number of benzene rings is 18. The van der Waals surface area contributed by atoms with Crippen molar-refractivity contribution >= 4 is 174 Å². The van der Waals surface area contributed by atoms with Crippen LogP contribution in [0.25, 0.3) is 230 Å². The van der Waals surface area contributed by atoms with E-state index in [0.29, 0.717) is 0 Å². The number of hydrogen-bond donors (Lipinski definition) is 0. The molecule has 4 heteroatoms. The summed E-state index contributed by atoms with van der Waals surface area (Å²) in [6, 6.07) is 111. The summed E-state index contributed by atoms with van der Waals surface area (Å²) in [5.74, 6) is 0. The van der Waals surface area contributed by atoms with Crippen LogP contribution in [0.5, 0.6) is 0 Å². The highest BCUT2D eigenvalue weighted by Gasteiger charge is 2.24. The van der Waals surface area contributed by atoms with Gasteiger partial charge in [-0.1, -0.05) is 212 Å². The maximum Gasteiger partial charge on any atom is 0.136 e. The van der Waals surface area contributed by atoms with Crippen LogP contribution in [-0.2, 0) is 0 Å². The minimum Gasteiger partial charge on any atom is -0.456 e. The molecule has 0 saturated carbocycles. The van der Waals surface area contributed by atoms with Crippen molar-refractivity contribution in [2.45, 2.75) is 0 Å². The molecule has 0 atom stereocenters. The van der Waals surface area contributed by atoms with E-state index >= 15 is 0 Å². The molecule has 442 valence electrons. The quantitative estimate of drug-likeness (QED) is 0.161. The van der Waals surface area contributed by atoms with Gasteiger partial charge in [0, 0.05) is 43.1 Å². The highest BCUT2D eigenvalue weighted by molar-refractivity contribution is 6.27. The number of furan rings is 4. The summed E-state index contributed by atoms with van der Waals surface area (Å²) >= 11 is 0. The molecule has 0 saturated heterocycles. The van der Waals surface area contributed by atoms with E-state index in [9.17, 15) is 0 Å². The first-order chi connectivity index (χ1) is 47.5. The average Bonchev–Trinajstić information content (AvgIpc) is 0.961. The van der Waals surface area contributed by atoms with Gasteiger partial charge in [-0.05, 0) is 233 Å². The van der Waals surface area contributed by atoms with E-state index in [1.807, 2.05) is 0 Å². The topological polar surface area (TPSA) is 52.6 Å². The van der Waals surface area contributed by atoms with Gasteiger partial charge in [0.05, 0.1) is 0 Å². The molecule has 0 radical (unpaired) electrons. The first-order valence-electron chi connectivity index (χ1n) is 32.9. The molecule has 0 bridgehead atoms. The Hall–Kier alpha value is -12.8. The van der Waals surface area contributed by atoms with Gasteiger partial charge in [0.25, 0.3) is 0 Å². The second-order valence-electron chi connectivity index (χ2n) is 26.0. The van der Waals surface area contributed by atoms with Crippen LogP contribution in [0.1, 0.15) is 0 Å². The Bertz CT molecular complexity index is 7090. The molecule has 0 fully saturated rings. The molecule has 96 heavy (non-hydrogen) atoms. The average molecular weight is 1220 g/mol.